The van der Waals surface area contributed by atoms with Gasteiger partial charge in [0.1, 0.15) is 18.6 Å². The number of carbonyl (C=O) groups is 1. The summed E-state index contributed by atoms with van der Waals surface area (Å²) >= 11 is 0. The fourth-order valence-electron chi connectivity index (χ4n) is 3.66. The van der Waals surface area contributed by atoms with Gasteiger partial charge in [0.25, 0.3) is 0 Å². The third-order valence-electron chi connectivity index (χ3n) is 5.31. The largest absolute Gasteiger partial charge is 0.508 e. The monoisotopic (exact) mass is 423 g/mol. The lowest BCUT2D eigenvalue weighted by atomic mass is 10.2. The van der Waals surface area contributed by atoms with Crippen LogP contribution < -0.4 is 15.5 Å². The van der Waals surface area contributed by atoms with E-state index in [-0.39, 0.29) is 24.6 Å². The number of ether oxygens (including phenoxy) is 1. The molecule has 9 heteroatoms. The first-order valence-electron chi connectivity index (χ1n) is 10.2. The Morgan fingerprint density at radius 2 is 1.45 bits per heavy atom. The summed E-state index contributed by atoms with van der Waals surface area (Å²) in [5.74, 6) is -0.218. The highest BCUT2D eigenvalue weighted by Gasteiger charge is 2.18. The van der Waals surface area contributed by atoms with Gasteiger partial charge in [0, 0.05) is 37.6 Å². The zero-order chi connectivity index (χ0) is 21.8. The highest BCUT2D eigenvalue weighted by Crippen LogP contribution is 2.23. The summed E-state index contributed by atoms with van der Waals surface area (Å²) in [5, 5.41) is 13.5. The molecule has 1 aromatic heterocycles. The SMILES string of the molecule is CCOC(=O)Cn1ncn(-c2ccc(N3CCN(c4ccc(O)cc4)CC3)cc2)c1=O. The van der Waals surface area contributed by atoms with Crippen LogP contribution in [-0.2, 0) is 16.1 Å². The molecule has 0 spiro atoms. The first-order valence-corrected chi connectivity index (χ1v) is 10.2. The first kappa shape index (κ1) is 20.5. The Balaban J connectivity index is 1.40. The van der Waals surface area contributed by atoms with Gasteiger partial charge in [-0.2, -0.15) is 5.10 Å². The average molecular weight is 423 g/mol. The number of aromatic hydroxyl groups is 1. The molecule has 0 amide bonds. The van der Waals surface area contributed by atoms with Crippen LogP contribution in [0.4, 0.5) is 11.4 Å². The Morgan fingerprint density at radius 1 is 0.935 bits per heavy atom. The Hall–Kier alpha value is -3.75. The average Bonchev–Trinajstić information content (AvgIpc) is 3.15. The van der Waals surface area contributed by atoms with Crippen molar-refractivity contribution in [3.63, 3.8) is 0 Å². The smallest absolute Gasteiger partial charge is 0.350 e. The number of phenols is 1. The Bertz CT molecular complexity index is 1080. The fraction of sp³-hybridized carbons (Fsp3) is 0.318. The number of piperazine rings is 1. The maximum Gasteiger partial charge on any atom is 0.350 e. The summed E-state index contributed by atoms with van der Waals surface area (Å²) in [5.41, 5.74) is 2.49. The quantitative estimate of drug-likeness (QED) is 0.603. The number of anilines is 2. The highest BCUT2D eigenvalue weighted by atomic mass is 16.5. The molecule has 1 aliphatic rings. The predicted molar refractivity (Wildman–Crippen MR) is 117 cm³/mol. The maximum absolute atomic E-state index is 12.5. The fourth-order valence-corrected chi connectivity index (χ4v) is 3.66. The van der Waals surface area contributed by atoms with Crippen molar-refractivity contribution in [1.29, 1.82) is 0 Å². The van der Waals surface area contributed by atoms with E-state index < -0.39 is 5.97 Å². The summed E-state index contributed by atoms with van der Waals surface area (Å²) in [6.45, 7) is 5.28. The van der Waals surface area contributed by atoms with E-state index in [1.165, 1.54) is 10.9 Å². The molecule has 0 bridgehead atoms. The van der Waals surface area contributed by atoms with Crippen LogP contribution in [-0.4, -0.2) is 58.2 Å². The maximum atomic E-state index is 12.5. The van der Waals surface area contributed by atoms with Crippen LogP contribution in [0.3, 0.4) is 0 Å². The third kappa shape index (κ3) is 4.55. The van der Waals surface area contributed by atoms with Gasteiger partial charge in [0.2, 0.25) is 0 Å². The van der Waals surface area contributed by atoms with Crippen molar-refractivity contribution >= 4 is 17.3 Å². The zero-order valence-corrected chi connectivity index (χ0v) is 17.3. The van der Waals surface area contributed by atoms with Crippen LogP contribution in [0.5, 0.6) is 5.75 Å². The summed E-state index contributed by atoms with van der Waals surface area (Å²) in [6.07, 6.45) is 1.41. The summed E-state index contributed by atoms with van der Waals surface area (Å²) in [6, 6.07) is 15.0. The van der Waals surface area contributed by atoms with Crippen molar-refractivity contribution in [2.75, 3.05) is 42.6 Å². The van der Waals surface area contributed by atoms with E-state index in [4.69, 9.17) is 4.74 Å². The van der Waals surface area contributed by atoms with E-state index in [1.807, 2.05) is 36.4 Å². The summed E-state index contributed by atoms with van der Waals surface area (Å²) < 4.78 is 7.37. The lowest BCUT2D eigenvalue weighted by Gasteiger charge is -2.37. The van der Waals surface area contributed by atoms with E-state index in [2.05, 4.69) is 14.9 Å². The summed E-state index contributed by atoms with van der Waals surface area (Å²) in [4.78, 5) is 28.7. The lowest BCUT2D eigenvalue weighted by Crippen LogP contribution is -2.46. The van der Waals surface area contributed by atoms with Gasteiger partial charge in [-0.1, -0.05) is 0 Å². The molecule has 1 N–H and O–H groups in total. The molecule has 31 heavy (non-hydrogen) atoms. The van der Waals surface area contributed by atoms with Gasteiger partial charge in [0.05, 0.1) is 12.3 Å². The van der Waals surface area contributed by atoms with Crippen LogP contribution in [0, 0.1) is 0 Å². The van der Waals surface area contributed by atoms with Crippen LogP contribution in [0.25, 0.3) is 5.69 Å². The lowest BCUT2D eigenvalue weighted by molar-refractivity contribution is -0.144. The Kier molecular flexibility index (Phi) is 5.92. The second-order valence-electron chi connectivity index (χ2n) is 7.25. The minimum Gasteiger partial charge on any atom is -0.508 e. The van der Waals surface area contributed by atoms with Crippen LogP contribution >= 0.6 is 0 Å². The number of benzene rings is 2. The van der Waals surface area contributed by atoms with Gasteiger partial charge in [-0.05, 0) is 55.5 Å². The van der Waals surface area contributed by atoms with E-state index in [9.17, 15) is 14.7 Å². The molecule has 0 saturated carbocycles. The van der Waals surface area contributed by atoms with Gasteiger partial charge < -0.3 is 19.6 Å². The van der Waals surface area contributed by atoms with Crippen molar-refractivity contribution in [2.24, 2.45) is 0 Å². The molecule has 2 aromatic carbocycles. The molecule has 0 unspecified atom stereocenters. The molecule has 9 nitrogen and oxygen atoms in total. The molecule has 0 aliphatic carbocycles. The van der Waals surface area contributed by atoms with Crippen molar-refractivity contribution in [3.8, 4) is 11.4 Å². The third-order valence-corrected chi connectivity index (χ3v) is 5.31. The van der Waals surface area contributed by atoms with Crippen molar-refractivity contribution in [2.45, 2.75) is 13.5 Å². The molecule has 162 valence electrons. The van der Waals surface area contributed by atoms with Crippen LogP contribution in [0.1, 0.15) is 6.92 Å². The molecule has 2 heterocycles. The summed E-state index contributed by atoms with van der Waals surface area (Å²) in [7, 11) is 0. The van der Waals surface area contributed by atoms with Gasteiger partial charge in [-0.15, -0.1) is 0 Å². The van der Waals surface area contributed by atoms with Crippen LogP contribution in [0.2, 0.25) is 0 Å². The van der Waals surface area contributed by atoms with Gasteiger partial charge in [0.15, 0.2) is 0 Å². The van der Waals surface area contributed by atoms with E-state index >= 15 is 0 Å². The number of esters is 1. The van der Waals surface area contributed by atoms with Crippen molar-refractivity contribution < 1.29 is 14.6 Å². The molecular weight excluding hydrogens is 398 g/mol. The van der Waals surface area contributed by atoms with Gasteiger partial charge in [-0.25, -0.2) is 14.0 Å². The Morgan fingerprint density at radius 3 is 2.00 bits per heavy atom. The molecule has 1 saturated heterocycles. The number of hydrogen-bond donors (Lipinski definition) is 1. The minimum absolute atomic E-state index is 0.205. The molecule has 1 aliphatic heterocycles. The molecular formula is C22H25N5O4. The molecule has 4 rings (SSSR count). The highest BCUT2D eigenvalue weighted by molar-refractivity contribution is 5.68. The molecule has 0 radical (unpaired) electrons. The number of rotatable bonds is 6. The molecule has 1 fully saturated rings. The number of phenolic OH excluding ortho intramolecular Hbond substituents is 1. The van der Waals surface area contributed by atoms with Crippen LogP contribution in [0.15, 0.2) is 59.7 Å². The van der Waals surface area contributed by atoms with Gasteiger partial charge >= 0.3 is 11.7 Å². The van der Waals surface area contributed by atoms with E-state index in [0.29, 0.717) is 5.69 Å². The van der Waals surface area contributed by atoms with Gasteiger partial charge in [-0.3, -0.25) is 4.79 Å². The van der Waals surface area contributed by atoms with E-state index in [0.717, 1.165) is 42.2 Å². The number of aromatic nitrogens is 3. The predicted octanol–water partition coefficient (Wildman–Crippen LogP) is 1.63. The number of hydrogen-bond acceptors (Lipinski definition) is 7. The zero-order valence-electron chi connectivity index (χ0n) is 17.3. The number of carbonyl (C=O) groups excluding carboxylic acids is 1. The normalized spacial score (nSPS) is 14.0. The van der Waals surface area contributed by atoms with E-state index in [1.54, 1.807) is 19.1 Å². The number of nitrogens with zero attached hydrogens (tertiary/aromatic N) is 5. The minimum atomic E-state index is -0.489. The second kappa shape index (κ2) is 8.95. The topological polar surface area (TPSA) is 92.8 Å². The molecule has 0 atom stereocenters. The Labute approximate surface area is 179 Å². The first-order chi connectivity index (χ1) is 15.0. The second-order valence-corrected chi connectivity index (χ2v) is 7.25. The standard InChI is InChI=1S/C22H25N5O4/c1-2-31-21(29)15-27-22(30)26(16-23-27)19-5-3-17(4-6-19)24-11-13-25(14-12-24)18-7-9-20(28)10-8-18/h3-10,16,28H,2,11-15H2,1H3. The van der Waals surface area contributed by atoms with Crippen molar-refractivity contribution in [3.05, 3.63) is 65.3 Å². The van der Waals surface area contributed by atoms with Crippen molar-refractivity contribution in [1.82, 2.24) is 14.3 Å². The molecule has 3 aromatic rings.